The first-order chi connectivity index (χ1) is 12.3. The van der Waals surface area contributed by atoms with Crippen molar-refractivity contribution in [1.29, 1.82) is 0 Å². The molecule has 0 aliphatic rings. The molecule has 0 saturated carbocycles. The number of likely N-dealkylation sites (N-methyl/N-ethyl adjacent to an activating group) is 1. The van der Waals surface area contributed by atoms with Crippen LogP contribution in [0.15, 0.2) is 53.4 Å². The van der Waals surface area contributed by atoms with Gasteiger partial charge in [-0.15, -0.1) is 0 Å². The Kier molecular flexibility index (Phi) is 6.39. The van der Waals surface area contributed by atoms with E-state index in [0.717, 1.165) is 15.4 Å². The highest BCUT2D eigenvalue weighted by atomic mass is 32.2. The van der Waals surface area contributed by atoms with Crippen molar-refractivity contribution in [3.8, 4) is 5.75 Å². The molecular weight excluding hydrogens is 352 g/mol. The Labute approximate surface area is 154 Å². The summed E-state index contributed by atoms with van der Waals surface area (Å²) < 4.78 is 31.2. The third kappa shape index (κ3) is 4.62. The molecular formula is C19H24N2O4S. The third-order valence-corrected chi connectivity index (χ3v) is 5.98. The average molecular weight is 376 g/mol. The van der Waals surface area contributed by atoms with Gasteiger partial charge in [0.05, 0.1) is 24.6 Å². The van der Waals surface area contributed by atoms with Gasteiger partial charge in [0.15, 0.2) is 0 Å². The Balaban J connectivity index is 2.04. The summed E-state index contributed by atoms with van der Waals surface area (Å²) in [6.07, 6.45) is 0. The summed E-state index contributed by atoms with van der Waals surface area (Å²) in [5.41, 5.74) is 2.07. The second-order valence-corrected chi connectivity index (χ2v) is 8.13. The van der Waals surface area contributed by atoms with Crippen LogP contribution in [0, 0.1) is 6.92 Å². The van der Waals surface area contributed by atoms with E-state index in [0.29, 0.717) is 5.75 Å². The first-order valence-corrected chi connectivity index (χ1v) is 9.65. The molecule has 0 radical (unpaired) electrons. The van der Waals surface area contributed by atoms with E-state index in [4.69, 9.17) is 4.74 Å². The highest BCUT2D eigenvalue weighted by molar-refractivity contribution is 7.89. The maximum absolute atomic E-state index is 12.6. The molecule has 1 atom stereocenters. The predicted octanol–water partition coefficient (Wildman–Crippen LogP) is 2.50. The zero-order valence-electron chi connectivity index (χ0n) is 15.4. The minimum Gasteiger partial charge on any atom is -0.497 e. The molecule has 2 rings (SSSR count). The maximum atomic E-state index is 12.6. The van der Waals surface area contributed by atoms with Crippen LogP contribution in [0.1, 0.15) is 24.1 Å². The van der Waals surface area contributed by atoms with Crippen molar-refractivity contribution in [1.82, 2.24) is 9.62 Å². The van der Waals surface area contributed by atoms with Crippen LogP contribution in [0.5, 0.6) is 5.75 Å². The van der Waals surface area contributed by atoms with E-state index >= 15 is 0 Å². The van der Waals surface area contributed by atoms with Gasteiger partial charge >= 0.3 is 0 Å². The summed E-state index contributed by atoms with van der Waals surface area (Å²) in [6, 6.07) is 13.6. The highest BCUT2D eigenvalue weighted by Gasteiger charge is 2.23. The number of benzene rings is 2. The molecule has 0 heterocycles. The monoisotopic (exact) mass is 376 g/mol. The maximum Gasteiger partial charge on any atom is 0.243 e. The molecule has 140 valence electrons. The number of carbonyl (C=O) groups excluding carboxylic acids is 1. The van der Waals surface area contributed by atoms with Crippen molar-refractivity contribution >= 4 is 15.9 Å². The number of hydrogen-bond acceptors (Lipinski definition) is 4. The largest absolute Gasteiger partial charge is 0.497 e. The number of rotatable bonds is 7. The molecule has 0 fully saturated rings. The van der Waals surface area contributed by atoms with Crippen LogP contribution in [-0.4, -0.2) is 39.3 Å². The zero-order valence-corrected chi connectivity index (χ0v) is 16.2. The lowest BCUT2D eigenvalue weighted by molar-refractivity contribution is -0.121. The fourth-order valence-electron chi connectivity index (χ4n) is 2.65. The zero-order chi connectivity index (χ0) is 19.3. The van der Waals surface area contributed by atoms with Crippen molar-refractivity contribution in [2.45, 2.75) is 24.8 Å². The van der Waals surface area contributed by atoms with Crippen molar-refractivity contribution in [3.05, 3.63) is 59.7 Å². The Morgan fingerprint density at radius 2 is 1.77 bits per heavy atom. The molecule has 2 aromatic rings. The number of hydrogen-bond donors (Lipinski definition) is 1. The van der Waals surface area contributed by atoms with Crippen molar-refractivity contribution in [2.24, 2.45) is 0 Å². The number of sulfonamides is 1. The fraction of sp³-hybridized carbons (Fsp3) is 0.316. The van der Waals surface area contributed by atoms with Crippen LogP contribution >= 0.6 is 0 Å². The first kappa shape index (κ1) is 19.9. The molecule has 0 unspecified atom stereocenters. The third-order valence-electron chi connectivity index (χ3n) is 4.17. The van der Waals surface area contributed by atoms with Gasteiger partial charge in [-0.2, -0.15) is 4.31 Å². The number of aryl methyl sites for hydroxylation is 1. The number of ether oxygens (including phenoxy) is 1. The molecule has 7 heteroatoms. The molecule has 0 spiro atoms. The second kappa shape index (κ2) is 8.33. The molecule has 26 heavy (non-hydrogen) atoms. The van der Waals surface area contributed by atoms with Gasteiger partial charge in [0.25, 0.3) is 0 Å². The van der Waals surface area contributed by atoms with Gasteiger partial charge in [0.2, 0.25) is 15.9 Å². The predicted molar refractivity (Wildman–Crippen MR) is 101 cm³/mol. The molecule has 6 nitrogen and oxygen atoms in total. The first-order valence-electron chi connectivity index (χ1n) is 8.21. The Morgan fingerprint density at radius 1 is 1.15 bits per heavy atom. The van der Waals surface area contributed by atoms with E-state index in [1.807, 2.05) is 38.1 Å². The molecule has 0 aliphatic carbocycles. The van der Waals surface area contributed by atoms with Crippen LogP contribution in [0.3, 0.4) is 0 Å². The topological polar surface area (TPSA) is 75.7 Å². The summed E-state index contributed by atoms with van der Waals surface area (Å²) in [7, 11) is -0.855. The molecule has 2 aromatic carbocycles. The number of nitrogens with one attached hydrogen (secondary N) is 1. The van der Waals surface area contributed by atoms with E-state index in [1.165, 1.54) is 26.3 Å². The summed E-state index contributed by atoms with van der Waals surface area (Å²) in [5, 5.41) is 2.84. The van der Waals surface area contributed by atoms with E-state index in [-0.39, 0.29) is 23.4 Å². The average Bonchev–Trinajstić information content (AvgIpc) is 2.61. The van der Waals surface area contributed by atoms with Gasteiger partial charge < -0.3 is 10.1 Å². The van der Waals surface area contributed by atoms with Crippen molar-refractivity contribution in [3.63, 3.8) is 0 Å². The number of nitrogens with zero attached hydrogens (tertiary/aromatic N) is 1. The Bertz CT molecular complexity index is 863. The summed E-state index contributed by atoms with van der Waals surface area (Å²) >= 11 is 0. The van der Waals surface area contributed by atoms with E-state index in [1.54, 1.807) is 12.1 Å². The highest BCUT2D eigenvalue weighted by Crippen LogP contribution is 2.19. The lowest BCUT2D eigenvalue weighted by Gasteiger charge is -2.20. The van der Waals surface area contributed by atoms with Crippen LogP contribution in [0.2, 0.25) is 0 Å². The van der Waals surface area contributed by atoms with Crippen LogP contribution < -0.4 is 10.1 Å². The minimum atomic E-state index is -3.75. The molecule has 0 aliphatic heterocycles. The van der Waals surface area contributed by atoms with Crippen LogP contribution in [0.4, 0.5) is 0 Å². The smallest absolute Gasteiger partial charge is 0.243 e. The molecule has 0 saturated heterocycles. The lowest BCUT2D eigenvalue weighted by Crippen LogP contribution is -2.39. The minimum absolute atomic E-state index is 0.112. The van der Waals surface area contributed by atoms with Crippen LogP contribution in [0.25, 0.3) is 0 Å². The van der Waals surface area contributed by atoms with Gasteiger partial charge in [-0.3, -0.25) is 4.79 Å². The normalized spacial score (nSPS) is 12.7. The van der Waals surface area contributed by atoms with Crippen LogP contribution in [-0.2, 0) is 14.8 Å². The Hall–Kier alpha value is -2.38. The van der Waals surface area contributed by atoms with Gasteiger partial charge in [-0.05, 0) is 49.2 Å². The van der Waals surface area contributed by atoms with Gasteiger partial charge in [-0.25, -0.2) is 8.42 Å². The van der Waals surface area contributed by atoms with Crippen molar-refractivity contribution < 1.29 is 17.9 Å². The van der Waals surface area contributed by atoms with Gasteiger partial charge in [-0.1, -0.05) is 24.3 Å². The molecule has 1 amide bonds. The SMILES string of the molecule is COc1ccc(S(=O)(=O)N(C)CC(=O)N[C@@H](C)c2ccccc2C)cc1. The lowest BCUT2D eigenvalue weighted by atomic mass is 10.0. The van der Waals surface area contributed by atoms with E-state index in [9.17, 15) is 13.2 Å². The number of methoxy groups -OCH3 is 1. The fourth-order valence-corrected chi connectivity index (χ4v) is 3.78. The van der Waals surface area contributed by atoms with E-state index < -0.39 is 10.0 Å². The molecule has 0 aromatic heterocycles. The quantitative estimate of drug-likeness (QED) is 0.806. The summed E-state index contributed by atoms with van der Waals surface area (Å²) in [6.45, 7) is 3.58. The number of carbonyl (C=O) groups is 1. The summed E-state index contributed by atoms with van der Waals surface area (Å²) in [4.78, 5) is 12.4. The number of amides is 1. The van der Waals surface area contributed by atoms with Gasteiger partial charge in [0, 0.05) is 7.05 Å². The van der Waals surface area contributed by atoms with Crippen molar-refractivity contribution in [2.75, 3.05) is 20.7 Å². The molecule has 1 N–H and O–H groups in total. The van der Waals surface area contributed by atoms with Gasteiger partial charge in [0.1, 0.15) is 5.75 Å². The van der Waals surface area contributed by atoms with E-state index in [2.05, 4.69) is 5.32 Å². The second-order valence-electron chi connectivity index (χ2n) is 6.08. The molecule has 0 bridgehead atoms. The summed E-state index contributed by atoms with van der Waals surface area (Å²) in [5.74, 6) is 0.205. The Morgan fingerprint density at radius 3 is 2.35 bits per heavy atom. The standard InChI is InChI=1S/C19H24N2O4S/c1-14-7-5-6-8-18(14)15(2)20-19(22)13-21(3)26(23,24)17-11-9-16(25-4)10-12-17/h5-12,15H,13H2,1-4H3,(H,20,22)/t15-/m0/s1.